The van der Waals surface area contributed by atoms with E-state index in [1.54, 1.807) is 6.08 Å². The number of hydrogen-bond acceptors (Lipinski definition) is 1. The van der Waals surface area contributed by atoms with E-state index in [9.17, 15) is 13.2 Å². The van der Waals surface area contributed by atoms with Crippen LogP contribution in [0.4, 0.5) is 13.2 Å². The molecule has 0 aromatic carbocycles. The van der Waals surface area contributed by atoms with Gasteiger partial charge < -0.3 is 4.74 Å². The molecule has 4 heteroatoms. The Bertz CT molecular complexity index is 364. The van der Waals surface area contributed by atoms with Gasteiger partial charge in [-0.1, -0.05) is 51.2 Å². The average molecular weight is 346 g/mol. The van der Waals surface area contributed by atoms with Crippen molar-refractivity contribution in [3.63, 3.8) is 0 Å². The molecule has 0 aromatic rings. The second kappa shape index (κ2) is 9.84. The molecule has 24 heavy (non-hydrogen) atoms. The van der Waals surface area contributed by atoms with Crippen LogP contribution in [0.3, 0.4) is 0 Å². The molecule has 140 valence electrons. The molecule has 0 aromatic heterocycles. The first-order valence-corrected chi connectivity index (χ1v) is 9.85. The molecule has 0 saturated heterocycles. The van der Waals surface area contributed by atoms with Gasteiger partial charge in [0.2, 0.25) is 0 Å². The standard InChI is InChI=1S/C20H33F3O/c1-2-15-24-19(20(21,22)23)10-6-7-16-11-13-18(14-12-16)17-8-4-3-5-9-17/h6-7,16-19H,2-5,8-15H2,1H3. The van der Waals surface area contributed by atoms with Crippen molar-refractivity contribution in [3.05, 3.63) is 12.2 Å². The van der Waals surface area contributed by atoms with Gasteiger partial charge in [0.25, 0.3) is 0 Å². The molecule has 1 nitrogen and oxygen atoms in total. The molecular weight excluding hydrogens is 313 g/mol. The van der Waals surface area contributed by atoms with E-state index in [0.717, 1.165) is 24.7 Å². The Hall–Kier alpha value is -0.510. The van der Waals surface area contributed by atoms with Crippen LogP contribution in [-0.4, -0.2) is 18.9 Å². The number of ether oxygens (including phenoxy) is 1. The summed E-state index contributed by atoms with van der Waals surface area (Å²) in [6, 6.07) is 0. The van der Waals surface area contributed by atoms with Gasteiger partial charge >= 0.3 is 6.18 Å². The number of hydrogen-bond donors (Lipinski definition) is 0. The van der Waals surface area contributed by atoms with Crippen molar-refractivity contribution >= 4 is 0 Å². The van der Waals surface area contributed by atoms with E-state index in [-0.39, 0.29) is 13.0 Å². The summed E-state index contributed by atoms with van der Waals surface area (Å²) in [7, 11) is 0. The zero-order valence-electron chi connectivity index (χ0n) is 15.0. The molecule has 0 spiro atoms. The minimum atomic E-state index is -4.27. The Balaban J connectivity index is 1.72. The molecule has 0 radical (unpaired) electrons. The predicted octanol–water partition coefficient (Wildman–Crippen LogP) is 6.68. The normalized spacial score (nSPS) is 28.3. The van der Waals surface area contributed by atoms with E-state index in [0.29, 0.717) is 12.3 Å². The van der Waals surface area contributed by atoms with Gasteiger partial charge in [-0.15, -0.1) is 0 Å². The molecular formula is C20H33F3O. The maximum atomic E-state index is 12.9. The van der Waals surface area contributed by atoms with Crippen LogP contribution < -0.4 is 0 Å². The average Bonchev–Trinajstić information content (AvgIpc) is 2.58. The van der Waals surface area contributed by atoms with E-state index in [1.165, 1.54) is 44.9 Å². The summed E-state index contributed by atoms with van der Waals surface area (Å²) in [5, 5.41) is 0. The molecule has 0 N–H and O–H groups in total. The molecule has 2 aliphatic carbocycles. The van der Waals surface area contributed by atoms with Gasteiger partial charge in [0.05, 0.1) is 0 Å². The monoisotopic (exact) mass is 346 g/mol. The van der Waals surface area contributed by atoms with Crippen LogP contribution in [-0.2, 0) is 4.74 Å². The highest BCUT2D eigenvalue weighted by Crippen LogP contribution is 2.40. The van der Waals surface area contributed by atoms with E-state index in [1.807, 2.05) is 13.0 Å². The van der Waals surface area contributed by atoms with Crippen molar-refractivity contribution in [3.8, 4) is 0 Å². The van der Waals surface area contributed by atoms with Crippen LogP contribution in [0.1, 0.15) is 77.6 Å². The Morgan fingerprint density at radius 3 is 2.17 bits per heavy atom. The van der Waals surface area contributed by atoms with E-state index >= 15 is 0 Å². The van der Waals surface area contributed by atoms with Gasteiger partial charge in [-0.2, -0.15) is 13.2 Å². The largest absolute Gasteiger partial charge is 0.414 e. The summed E-state index contributed by atoms with van der Waals surface area (Å²) in [6.45, 7) is 2.00. The second-order valence-corrected chi connectivity index (χ2v) is 7.64. The molecule has 2 rings (SSSR count). The van der Waals surface area contributed by atoms with Crippen molar-refractivity contribution in [1.29, 1.82) is 0 Å². The van der Waals surface area contributed by atoms with Gasteiger partial charge in [0.1, 0.15) is 0 Å². The fraction of sp³-hybridized carbons (Fsp3) is 0.900. The maximum Gasteiger partial charge on any atom is 0.414 e. The van der Waals surface area contributed by atoms with Gasteiger partial charge in [-0.25, -0.2) is 0 Å². The highest BCUT2D eigenvalue weighted by Gasteiger charge is 2.39. The third kappa shape index (κ3) is 6.42. The molecule has 1 unspecified atom stereocenters. The highest BCUT2D eigenvalue weighted by molar-refractivity contribution is 4.94. The molecule has 1 atom stereocenters. The molecule has 2 aliphatic rings. The van der Waals surface area contributed by atoms with Gasteiger partial charge in [0, 0.05) is 13.0 Å². The van der Waals surface area contributed by atoms with Crippen LogP contribution in [0.5, 0.6) is 0 Å². The molecule has 0 amide bonds. The van der Waals surface area contributed by atoms with Crippen LogP contribution >= 0.6 is 0 Å². The molecule has 2 saturated carbocycles. The first kappa shape index (κ1) is 19.8. The fourth-order valence-electron chi connectivity index (χ4n) is 4.37. The fourth-order valence-corrected chi connectivity index (χ4v) is 4.37. The summed E-state index contributed by atoms with van der Waals surface area (Å²) in [5.74, 6) is 2.25. The lowest BCUT2D eigenvalue weighted by Crippen LogP contribution is -2.31. The predicted molar refractivity (Wildman–Crippen MR) is 91.9 cm³/mol. The van der Waals surface area contributed by atoms with Gasteiger partial charge in [0.15, 0.2) is 6.10 Å². The lowest BCUT2D eigenvalue weighted by atomic mass is 9.71. The maximum absolute atomic E-state index is 12.9. The third-order valence-electron chi connectivity index (χ3n) is 5.78. The van der Waals surface area contributed by atoms with E-state index in [4.69, 9.17) is 4.74 Å². The summed E-state index contributed by atoms with van der Waals surface area (Å²) < 4.78 is 43.7. The Morgan fingerprint density at radius 1 is 0.958 bits per heavy atom. The smallest absolute Gasteiger partial charge is 0.368 e. The SMILES string of the molecule is CCCOC(CC=CC1CCC(C2CCCCC2)CC1)C(F)(F)F. The van der Waals surface area contributed by atoms with E-state index in [2.05, 4.69) is 0 Å². The van der Waals surface area contributed by atoms with Gasteiger partial charge in [-0.05, 0) is 49.9 Å². The van der Waals surface area contributed by atoms with Crippen molar-refractivity contribution < 1.29 is 17.9 Å². The van der Waals surface area contributed by atoms with Crippen molar-refractivity contribution in [1.82, 2.24) is 0 Å². The zero-order valence-corrected chi connectivity index (χ0v) is 15.0. The first-order chi connectivity index (χ1) is 11.5. The minimum absolute atomic E-state index is 0.0496. The molecule has 0 bridgehead atoms. The first-order valence-electron chi connectivity index (χ1n) is 9.85. The zero-order chi connectivity index (χ0) is 17.4. The summed E-state index contributed by atoms with van der Waals surface area (Å²) in [6.07, 6.45) is 10.2. The Labute approximate surface area is 145 Å². The second-order valence-electron chi connectivity index (χ2n) is 7.64. The van der Waals surface area contributed by atoms with Crippen LogP contribution in [0.2, 0.25) is 0 Å². The number of alkyl halides is 3. The number of rotatable bonds is 7. The lowest BCUT2D eigenvalue weighted by molar-refractivity contribution is -0.219. The molecule has 2 fully saturated rings. The topological polar surface area (TPSA) is 9.23 Å². The van der Waals surface area contributed by atoms with E-state index < -0.39 is 12.3 Å². The van der Waals surface area contributed by atoms with Crippen molar-refractivity contribution in [2.24, 2.45) is 17.8 Å². The number of allylic oxidation sites excluding steroid dienone is 1. The van der Waals surface area contributed by atoms with Crippen LogP contribution in [0, 0.1) is 17.8 Å². The van der Waals surface area contributed by atoms with Crippen LogP contribution in [0.15, 0.2) is 12.2 Å². The van der Waals surface area contributed by atoms with Crippen molar-refractivity contribution in [2.45, 2.75) is 89.8 Å². The van der Waals surface area contributed by atoms with Crippen LogP contribution in [0.25, 0.3) is 0 Å². The Morgan fingerprint density at radius 2 is 1.58 bits per heavy atom. The quantitative estimate of drug-likeness (QED) is 0.467. The molecule has 0 aliphatic heterocycles. The molecule has 0 heterocycles. The third-order valence-corrected chi connectivity index (χ3v) is 5.78. The Kier molecular flexibility index (Phi) is 8.12. The summed E-state index contributed by atoms with van der Waals surface area (Å²) >= 11 is 0. The summed E-state index contributed by atoms with van der Waals surface area (Å²) in [5.41, 5.74) is 0. The minimum Gasteiger partial charge on any atom is -0.368 e. The van der Waals surface area contributed by atoms with Gasteiger partial charge in [-0.3, -0.25) is 0 Å². The lowest BCUT2D eigenvalue weighted by Gasteiger charge is -2.35. The summed E-state index contributed by atoms with van der Waals surface area (Å²) in [4.78, 5) is 0. The van der Waals surface area contributed by atoms with Crippen molar-refractivity contribution in [2.75, 3.05) is 6.61 Å². The highest BCUT2D eigenvalue weighted by atomic mass is 19.4. The number of halogens is 3.